The van der Waals surface area contributed by atoms with Gasteiger partial charge in [-0.1, -0.05) is 6.07 Å². The fraction of sp³-hybridized carbons (Fsp3) is 0.0714. The van der Waals surface area contributed by atoms with Gasteiger partial charge in [-0.25, -0.2) is 4.39 Å². The van der Waals surface area contributed by atoms with Crippen molar-refractivity contribution in [2.75, 3.05) is 6.26 Å². The van der Waals surface area contributed by atoms with Crippen LogP contribution in [0.4, 0.5) is 4.39 Å². The van der Waals surface area contributed by atoms with Crippen LogP contribution in [0.3, 0.4) is 0 Å². The first-order valence-electron chi connectivity index (χ1n) is 5.56. The van der Waals surface area contributed by atoms with E-state index in [9.17, 15) is 4.39 Å². The number of hydrogen-bond acceptors (Lipinski definition) is 3. The summed E-state index contributed by atoms with van der Waals surface area (Å²) < 4.78 is 19.2. The van der Waals surface area contributed by atoms with Crippen molar-refractivity contribution in [1.29, 1.82) is 5.41 Å². The third kappa shape index (κ3) is 3.06. The van der Waals surface area contributed by atoms with E-state index in [1.54, 1.807) is 30.0 Å². The van der Waals surface area contributed by atoms with Crippen LogP contribution in [0.2, 0.25) is 0 Å². The fourth-order valence-corrected chi connectivity index (χ4v) is 2.03. The molecule has 0 heterocycles. The number of hydrogen-bond donors (Lipinski definition) is 2. The molecule has 0 saturated heterocycles. The van der Waals surface area contributed by atoms with Gasteiger partial charge in [0.1, 0.15) is 23.2 Å². The molecule has 98 valence electrons. The zero-order valence-electron chi connectivity index (χ0n) is 10.3. The van der Waals surface area contributed by atoms with Crippen molar-refractivity contribution in [1.82, 2.24) is 0 Å². The summed E-state index contributed by atoms with van der Waals surface area (Å²) >= 11 is 1.62. The molecule has 2 rings (SSSR count). The summed E-state index contributed by atoms with van der Waals surface area (Å²) in [7, 11) is 0. The molecule has 3 nitrogen and oxygen atoms in total. The second kappa shape index (κ2) is 5.75. The van der Waals surface area contributed by atoms with Crippen LogP contribution in [0, 0.1) is 11.2 Å². The first-order valence-corrected chi connectivity index (χ1v) is 6.79. The molecule has 0 amide bonds. The number of nitrogens with one attached hydrogen (secondary N) is 1. The largest absolute Gasteiger partial charge is 0.456 e. The lowest BCUT2D eigenvalue weighted by Crippen LogP contribution is -2.14. The van der Waals surface area contributed by atoms with Gasteiger partial charge in [0.15, 0.2) is 0 Å². The topological polar surface area (TPSA) is 59.1 Å². The molecular weight excluding hydrogens is 263 g/mol. The summed E-state index contributed by atoms with van der Waals surface area (Å²) in [5, 5.41) is 7.40. The molecule has 3 N–H and O–H groups in total. The summed E-state index contributed by atoms with van der Waals surface area (Å²) in [5.74, 6) is -0.102. The van der Waals surface area contributed by atoms with Crippen LogP contribution in [-0.4, -0.2) is 12.1 Å². The molecule has 2 aromatic carbocycles. The van der Waals surface area contributed by atoms with Crippen LogP contribution in [-0.2, 0) is 0 Å². The molecule has 0 aromatic heterocycles. The van der Waals surface area contributed by atoms with Gasteiger partial charge in [-0.15, -0.1) is 11.8 Å². The predicted octanol–water partition coefficient (Wildman–Crippen LogP) is 3.62. The zero-order chi connectivity index (χ0) is 13.8. The quantitative estimate of drug-likeness (QED) is 0.509. The smallest absolute Gasteiger partial charge is 0.141 e. The molecule has 0 aliphatic carbocycles. The second-order valence-electron chi connectivity index (χ2n) is 3.80. The van der Waals surface area contributed by atoms with Gasteiger partial charge in [0.05, 0.1) is 5.56 Å². The number of halogens is 1. The average molecular weight is 276 g/mol. The van der Waals surface area contributed by atoms with E-state index in [-0.39, 0.29) is 17.1 Å². The lowest BCUT2D eigenvalue weighted by atomic mass is 10.1. The van der Waals surface area contributed by atoms with Gasteiger partial charge < -0.3 is 10.5 Å². The van der Waals surface area contributed by atoms with Gasteiger partial charge in [-0.2, -0.15) is 0 Å². The van der Waals surface area contributed by atoms with Crippen molar-refractivity contribution < 1.29 is 9.13 Å². The van der Waals surface area contributed by atoms with Gasteiger partial charge in [0, 0.05) is 4.90 Å². The van der Waals surface area contributed by atoms with E-state index in [1.165, 1.54) is 12.1 Å². The molecule has 0 unspecified atom stereocenters. The monoisotopic (exact) mass is 276 g/mol. The highest BCUT2D eigenvalue weighted by Gasteiger charge is 2.13. The number of nitrogens with two attached hydrogens (primary N) is 1. The summed E-state index contributed by atoms with van der Waals surface area (Å²) in [6.07, 6.45) is 1.98. The molecular formula is C14H13FN2OS. The molecule has 2 aromatic rings. The molecule has 19 heavy (non-hydrogen) atoms. The standard InChI is InChI=1S/C14H13FN2OS/c1-19-10-7-5-9(6-8-10)18-12-4-2-3-11(15)13(12)14(16)17/h2-8H,1H3,(H3,16,17). The fourth-order valence-electron chi connectivity index (χ4n) is 1.62. The third-order valence-corrected chi connectivity index (χ3v) is 3.28. The Morgan fingerprint density at radius 3 is 2.47 bits per heavy atom. The van der Waals surface area contributed by atoms with Crippen LogP contribution >= 0.6 is 11.8 Å². The van der Waals surface area contributed by atoms with Crippen molar-refractivity contribution >= 4 is 17.6 Å². The molecule has 0 atom stereocenters. The number of ether oxygens (including phenoxy) is 1. The van der Waals surface area contributed by atoms with E-state index in [2.05, 4.69) is 0 Å². The first-order chi connectivity index (χ1) is 9.11. The van der Waals surface area contributed by atoms with Crippen LogP contribution in [0.1, 0.15) is 5.56 Å². The van der Waals surface area contributed by atoms with Crippen LogP contribution in [0.5, 0.6) is 11.5 Å². The maximum atomic E-state index is 13.6. The SMILES string of the molecule is CSc1ccc(Oc2cccc(F)c2C(=N)N)cc1. The lowest BCUT2D eigenvalue weighted by molar-refractivity contribution is 0.474. The Kier molecular flexibility index (Phi) is 4.06. The molecule has 0 saturated carbocycles. The molecule has 0 spiro atoms. The van der Waals surface area contributed by atoms with E-state index in [0.717, 1.165) is 4.90 Å². The van der Waals surface area contributed by atoms with Crippen LogP contribution < -0.4 is 10.5 Å². The molecule has 5 heteroatoms. The Hall–Kier alpha value is -2.01. The summed E-state index contributed by atoms with van der Waals surface area (Å²) in [5.41, 5.74) is 5.36. The van der Waals surface area contributed by atoms with E-state index in [4.69, 9.17) is 15.9 Å². The predicted molar refractivity (Wildman–Crippen MR) is 75.7 cm³/mol. The van der Waals surface area contributed by atoms with Crippen molar-refractivity contribution in [3.05, 3.63) is 53.8 Å². The molecule has 0 aliphatic rings. The van der Waals surface area contributed by atoms with Crippen molar-refractivity contribution in [2.24, 2.45) is 5.73 Å². The summed E-state index contributed by atoms with van der Waals surface area (Å²) in [6.45, 7) is 0. The number of benzene rings is 2. The van der Waals surface area contributed by atoms with E-state index < -0.39 is 5.82 Å². The van der Waals surface area contributed by atoms with Crippen LogP contribution in [0.25, 0.3) is 0 Å². The minimum atomic E-state index is -0.564. The molecule has 0 fully saturated rings. The number of thioether (sulfide) groups is 1. The average Bonchev–Trinajstić information content (AvgIpc) is 2.39. The Labute approximate surface area is 115 Å². The number of rotatable bonds is 4. The first kappa shape index (κ1) is 13.4. The Bertz CT molecular complexity index is 599. The molecule has 0 radical (unpaired) electrons. The zero-order valence-corrected chi connectivity index (χ0v) is 11.1. The minimum Gasteiger partial charge on any atom is -0.456 e. The van der Waals surface area contributed by atoms with Gasteiger partial charge in [-0.3, -0.25) is 5.41 Å². The Balaban J connectivity index is 2.32. The highest BCUT2D eigenvalue weighted by atomic mass is 32.2. The Morgan fingerprint density at radius 1 is 1.21 bits per heavy atom. The third-order valence-electron chi connectivity index (χ3n) is 2.53. The van der Waals surface area contributed by atoms with Crippen LogP contribution in [0.15, 0.2) is 47.4 Å². The van der Waals surface area contributed by atoms with Gasteiger partial charge >= 0.3 is 0 Å². The van der Waals surface area contributed by atoms with Crippen molar-refractivity contribution in [2.45, 2.75) is 4.90 Å². The van der Waals surface area contributed by atoms with Gasteiger partial charge in [0.25, 0.3) is 0 Å². The normalized spacial score (nSPS) is 10.2. The Morgan fingerprint density at radius 2 is 1.89 bits per heavy atom. The maximum absolute atomic E-state index is 13.6. The highest BCUT2D eigenvalue weighted by molar-refractivity contribution is 7.98. The highest BCUT2D eigenvalue weighted by Crippen LogP contribution is 2.28. The summed E-state index contributed by atoms with van der Waals surface area (Å²) in [4.78, 5) is 1.11. The second-order valence-corrected chi connectivity index (χ2v) is 4.68. The lowest BCUT2D eigenvalue weighted by Gasteiger charge is -2.11. The van der Waals surface area contributed by atoms with E-state index in [1.807, 2.05) is 18.4 Å². The van der Waals surface area contributed by atoms with Gasteiger partial charge in [-0.05, 0) is 42.7 Å². The molecule has 0 bridgehead atoms. The number of nitrogen functional groups attached to an aromatic ring is 1. The van der Waals surface area contributed by atoms with Crippen molar-refractivity contribution in [3.8, 4) is 11.5 Å². The number of amidine groups is 1. The van der Waals surface area contributed by atoms with E-state index >= 15 is 0 Å². The minimum absolute atomic E-state index is 0.0172. The maximum Gasteiger partial charge on any atom is 0.141 e. The van der Waals surface area contributed by atoms with E-state index in [0.29, 0.717) is 5.75 Å². The molecule has 0 aliphatic heterocycles. The van der Waals surface area contributed by atoms with Crippen molar-refractivity contribution in [3.63, 3.8) is 0 Å². The van der Waals surface area contributed by atoms with Gasteiger partial charge in [0.2, 0.25) is 0 Å². The summed E-state index contributed by atoms with van der Waals surface area (Å²) in [6, 6.07) is 11.8.